The molecule has 1 aliphatic heterocycles. The van der Waals surface area contributed by atoms with Crippen LogP contribution in [0.3, 0.4) is 0 Å². The van der Waals surface area contributed by atoms with E-state index in [4.69, 9.17) is 4.74 Å². The lowest BCUT2D eigenvalue weighted by Crippen LogP contribution is -2.31. The van der Waals surface area contributed by atoms with Crippen molar-refractivity contribution in [1.82, 2.24) is 5.32 Å². The number of halogens is 1. The van der Waals surface area contributed by atoms with Crippen molar-refractivity contribution in [2.45, 2.75) is 31.8 Å². The second kappa shape index (κ2) is 7.55. The highest BCUT2D eigenvalue weighted by atomic mass is 79.9. The fourth-order valence-corrected chi connectivity index (χ4v) is 2.39. The first-order chi connectivity index (χ1) is 9.65. The molecule has 1 saturated heterocycles. The van der Waals surface area contributed by atoms with Gasteiger partial charge < -0.3 is 10.1 Å². The van der Waals surface area contributed by atoms with Crippen molar-refractivity contribution in [2.75, 3.05) is 13.2 Å². The first kappa shape index (κ1) is 15.2. The van der Waals surface area contributed by atoms with Gasteiger partial charge in [0.25, 0.3) is 0 Å². The van der Waals surface area contributed by atoms with Crippen LogP contribution in [-0.4, -0.2) is 30.9 Å². The molecule has 0 spiro atoms. The quantitative estimate of drug-likeness (QED) is 0.810. The number of nitrogens with one attached hydrogen (secondary N) is 1. The molecule has 1 amide bonds. The van der Waals surface area contributed by atoms with Crippen molar-refractivity contribution in [3.63, 3.8) is 0 Å². The van der Waals surface area contributed by atoms with E-state index in [9.17, 15) is 9.59 Å². The summed E-state index contributed by atoms with van der Waals surface area (Å²) >= 11 is 3.32. The van der Waals surface area contributed by atoms with E-state index in [1.807, 2.05) is 12.1 Å². The van der Waals surface area contributed by atoms with Crippen LogP contribution in [0.25, 0.3) is 0 Å². The highest BCUT2D eigenvalue weighted by molar-refractivity contribution is 9.10. The second-order valence-electron chi connectivity index (χ2n) is 4.87. The first-order valence-corrected chi connectivity index (χ1v) is 7.61. The Labute approximate surface area is 127 Å². The molecule has 1 aromatic rings. The summed E-state index contributed by atoms with van der Waals surface area (Å²) in [7, 11) is 0. The third-order valence-corrected chi connectivity index (χ3v) is 3.82. The first-order valence-electron chi connectivity index (χ1n) is 6.82. The van der Waals surface area contributed by atoms with E-state index in [0.717, 1.165) is 23.9 Å². The van der Waals surface area contributed by atoms with Crippen LogP contribution in [-0.2, 0) is 9.53 Å². The topological polar surface area (TPSA) is 55.4 Å². The molecule has 0 aromatic heterocycles. The zero-order chi connectivity index (χ0) is 14.4. The minimum Gasteiger partial charge on any atom is -0.376 e. The fourth-order valence-electron chi connectivity index (χ4n) is 2.13. The molecule has 1 N–H and O–H groups in total. The van der Waals surface area contributed by atoms with E-state index in [1.54, 1.807) is 12.1 Å². The van der Waals surface area contributed by atoms with Gasteiger partial charge in [-0.2, -0.15) is 0 Å². The SMILES string of the molecule is O=C(CCC(=O)c1ccc(Br)cc1)NC[C@@H]1CCCO1. The molecule has 5 heteroatoms. The lowest BCUT2D eigenvalue weighted by atomic mass is 10.1. The molecule has 2 rings (SSSR count). The van der Waals surface area contributed by atoms with Gasteiger partial charge in [0.1, 0.15) is 0 Å². The summed E-state index contributed by atoms with van der Waals surface area (Å²) in [6.07, 6.45) is 2.66. The third-order valence-electron chi connectivity index (χ3n) is 3.30. The predicted octanol–water partition coefficient (Wildman–Crippen LogP) is 2.71. The standard InChI is InChI=1S/C15H18BrNO3/c16-12-5-3-11(4-6-12)14(18)7-8-15(19)17-10-13-2-1-9-20-13/h3-6,13H,1-2,7-10H2,(H,17,19)/t13-/m0/s1. The van der Waals surface area contributed by atoms with E-state index in [0.29, 0.717) is 12.1 Å². The molecule has 108 valence electrons. The van der Waals surface area contributed by atoms with E-state index < -0.39 is 0 Å². The lowest BCUT2D eigenvalue weighted by Gasteiger charge is -2.10. The Bertz CT molecular complexity index is 467. The normalized spacial score (nSPS) is 17.9. The molecule has 0 aliphatic carbocycles. The van der Waals surface area contributed by atoms with Gasteiger partial charge in [0.15, 0.2) is 5.78 Å². The van der Waals surface area contributed by atoms with E-state index in [-0.39, 0.29) is 30.6 Å². The van der Waals surface area contributed by atoms with Crippen molar-refractivity contribution in [3.8, 4) is 0 Å². The lowest BCUT2D eigenvalue weighted by molar-refractivity contribution is -0.121. The average molecular weight is 340 g/mol. The molecule has 0 radical (unpaired) electrons. The van der Waals surface area contributed by atoms with Crippen molar-refractivity contribution >= 4 is 27.6 Å². The Morgan fingerprint density at radius 2 is 2.00 bits per heavy atom. The molecular weight excluding hydrogens is 322 g/mol. The van der Waals surface area contributed by atoms with Gasteiger partial charge >= 0.3 is 0 Å². The second-order valence-corrected chi connectivity index (χ2v) is 5.78. The Hall–Kier alpha value is -1.20. The van der Waals surface area contributed by atoms with Crippen LogP contribution in [0.2, 0.25) is 0 Å². The van der Waals surface area contributed by atoms with Gasteiger partial charge in [0.05, 0.1) is 6.10 Å². The van der Waals surface area contributed by atoms with Gasteiger partial charge in [0.2, 0.25) is 5.91 Å². The molecule has 4 nitrogen and oxygen atoms in total. The number of carbonyl (C=O) groups is 2. The zero-order valence-corrected chi connectivity index (χ0v) is 12.8. The Kier molecular flexibility index (Phi) is 5.73. The summed E-state index contributed by atoms with van der Waals surface area (Å²) < 4.78 is 6.36. The van der Waals surface area contributed by atoms with Gasteiger partial charge in [-0.3, -0.25) is 9.59 Å². The molecule has 1 aliphatic rings. The van der Waals surface area contributed by atoms with E-state index >= 15 is 0 Å². The fraction of sp³-hybridized carbons (Fsp3) is 0.467. The largest absolute Gasteiger partial charge is 0.376 e. The number of ether oxygens (including phenoxy) is 1. The van der Waals surface area contributed by atoms with Crippen molar-refractivity contribution in [2.24, 2.45) is 0 Å². The van der Waals surface area contributed by atoms with Crippen molar-refractivity contribution in [1.29, 1.82) is 0 Å². The molecular formula is C15H18BrNO3. The maximum Gasteiger partial charge on any atom is 0.220 e. The van der Waals surface area contributed by atoms with Crippen LogP contribution in [0.1, 0.15) is 36.0 Å². The molecule has 1 fully saturated rings. The molecule has 1 aromatic carbocycles. The number of benzene rings is 1. The molecule has 0 unspecified atom stereocenters. The Morgan fingerprint density at radius 1 is 1.25 bits per heavy atom. The monoisotopic (exact) mass is 339 g/mol. The van der Waals surface area contributed by atoms with Crippen LogP contribution < -0.4 is 5.32 Å². The molecule has 1 atom stereocenters. The van der Waals surface area contributed by atoms with Gasteiger partial charge in [-0.25, -0.2) is 0 Å². The van der Waals surface area contributed by atoms with Crippen LogP contribution in [0.5, 0.6) is 0 Å². The number of rotatable bonds is 6. The summed E-state index contributed by atoms with van der Waals surface area (Å²) in [6, 6.07) is 7.17. The van der Waals surface area contributed by atoms with Crippen LogP contribution in [0.4, 0.5) is 0 Å². The van der Waals surface area contributed by atoms with Crippen molar-refractivity contribution in [3.05, 3.63) is 34.3 Å². The predicted molar refractivity (Wildman–Crippen MR) is 79.7 cm³/mol. The summed E-state index contributed by atoms with van der Waals surface area (Å²) in [4.78, 5) is 23.6. The van der Waals surface area contributed by atoms with Crippen LogP contribution in [0.15, 0.2) is 28.7 Å². The van der Waals surface area contributed by atoms with Gasteiger partial charge in [-0.05, 0) is 25.0 Å². The Balaban J connectivity index is 1.69. The zero-order valence-electron chi connectivity index (χ0n) is 11.2. The highest BCUT2D eigenvalue weighted by Gasteiger charge is 2.16. The third kappa shape index (κ3) is 4.72. The number of amides is 1. The smallest absolute Gasteiger partial charge is 0.220 e. The van der Waals surface area contributed by atoms with E-state index in [1.165, 1.54) is 0 Å². The molecule has 20 heavy (non-hydrogen) atoms. The highest BCUT2D eigenvalue weighted by Crippen LogP contribution is 2.13. The summed E-state index contributed by atoms with van der Waals surface area (Å²) in [5, 5.41) is 2.82. The van der Waals surface area contributed by atoms with Crippen molar-refractivity contribution < 1.29 is 14.3 Å². The molecule has 1 heterocycles. The number of ketones is 1. The van der Waals surface area contributed by atoms with Crippen LogP contribution >= 0.6 is 15.9 Å². The maximum atomic E-state index is 11.9. The summed E-state index contributed by atoms with van der Waals surface area (Å²) in [6.45, 7) is 1.33. The van der Waals surface area contributed by atoms with Gasteiger partial charge in [-0.15, -0.1) is 0 Å². The minimum absolute atomic E-state index is 0.00948. The average Bonchev–Trinajstić information content (AvgIpc) is 2.96. The number of Topliss-reactive ketones (excluding diaryl/α,β-unsaturated/α-hetero) is 1. The molecule has 0 bridgehead atoms. The molecule has 0 saturated carbocycles. The van der Waals surface area contributed by atoms with Crippen LogP contribution in [0, 0.1) is 0 Å². The number of hydrogen-bond donors (Lipinski definition) is 1. The van der Waals surface area contributed by atoms with Gasteiger partial charge in [0, 0.05) is 36.0 Å². The number of carbonyl (C=O) groups excluding carboxylic acids is 2. The summed E-state index contributed by atoms with van der Waals surface area (Å²) in [5.41, 5.74) is 0.639. The maximum absolute atomic E-state index is 11.9. The Morgan fingerprint density at radius 3 is 2.65 bits per heavy atom. The van der Waals surface area contributed by atoms with E-state index in [2.05, 4.69) is 21.2 Å². The summed E-state index contributed by atoms with van der Waals surface area (Å²) in [5.74, 6) is -0.101. The minimum atomic E-state index is -0.0917. The van der Waals surface area contributed by atoms with Gasteiger partial charge in [-0.1, -0.05) is 28.1 Å². The number of hydrogen-bond acceptors (Lipinski definition) is 3.